The molecule has 0 saturated heterocycles. The van der Waals surface area contributed by atoms with Crippen molar-refractivity contribution in [2.75, 3.05) is 5.75 Å². The highest BCUT2D eigenvalue weighted by Gasteiger charge is 2.30. The van der Waals surface area contributed by atoms with Gasteiger partial charge in [-0.3, -0.25) is 24.0 Å². The molecule has 1 aromatic carbocycles. The second-order valence-corrected chi connectivity index (χ2v) is 8.38. The zero-order chi connectivity index (χ0) is 27.3. The van der Waals surface area contributed by atoms with Gasteiger partial charge in [-0.1, -0.05) is 30.3 Å². The van der Waals surface area contributed by atoms with Gasteiger partial charge in [0.15, 0.2) is 0 Å². The van der Waals surface area contributed by atoms with Crippen LogP contribution in [0.5, 0.6) is 0 Å². The molecule has 0 aromatic heterocycles. The summed E-state index contributed by atoms with van der Waals surface area (Å²) in [6, 6.07) is 3.75. The maximum Gasteiger partial charge on any atom is 0.326 e. The second-order valence-electron chi connectivity index (χ2n) is 8.01. The predicted octanol–water partition coefficient (Wildman–Crippen LogP) is -2.44. The molecule has 4 atom stereocenters. The van der Waals surface area contributed by atoms with Gasteiger partial charge in [-0.2, -0.15) is 12.6 Å². The van der Waals surface area contributed by atoms with Crippen LogP contribution in [0, 0.1) is 0 Å². The van der Waals surface area contributed by atoms with Gasteiger partial charge in [0.2, 0.25) is 29.5 Å². The van der Waals surface area contributed by atoms with Crippen molar-refractivity contribution in [2.45, 2.75) is 56.3 Å². The highest BCUT2D eigenvalue weighted by Crippen LogP contribution is 2.07. The summed E-state index contributed by atoms with van der Waals surface area (Å²) >= 11 is 3.98. The van der Waals surface area contributed by atoms with Gasteiger partial charge >= 0.3 is 5.97 Å². The molecule has 0 aliphatic rings. The van der Waals surface area contributed by atoms with Crippen molar-refractivity contribution in [1.29, 1.82) is 0 Å². The molecule has 36 heavy (non-hydrogen) atoms. The summed E-state index contributed by atoms with van der Waals surface area (Å²) in [7, 11) is 0. The highest BCUT2D eigenvalue weighted by molar-refractivity contribution is 7.80. The molecule has 0 saturated carbocycles. The molecule has 10 N–H and O–H groups in total. The van der Waals surface area contributed by atoms with Gasteiger partial charge in [0.25, 0.3) is 0 Å². The Kier molecular flexibility index (Phi) is 13.0. The summed E-state index contributed by atoms with van der Waals surface area (Å²) in [6.07, 6.45) is -1.06. The van der Waals surface area contributed by atoms with Crippen molar-refractivity contribution in [1.82, 2.24) is 16.0 Å². The average molecular weight is 525 g/mol. The smallest absolute Gasteiger partial charge is 0.326 e. The lowest BCUT2D eigenvalue weighted by Gasteiger charge is -2.25. The van der Waals surface area contributed by atoms with Crippen LogP contribution in [-0.2, 0) is 35.2 Å². The van der Waals surface area contributed by atoms with Gasteiger partial charge in [0.05, 0.1) is 6.04 Å². The maximum atomic E-state index is 13.1. The van der Waals surface area contributed by atoms with Crippen LogP contribution in [0.3, 0.4) is 0 Å². The number of hydrogen-bond donors (Lipinski definition) is 8. The first kappa shape index (κ1) is 30.4. The summed E-state index contributed by atoms with van der Waals surface area (Å²) < 4.78 is 0. The van der Waals surface area contributed by atoms with E-state index in [-0.39, 0.29) is 37.9 Å². The SMILES string of the molecule is NC(=O)CCC(NC(=O)C(CCC(N)=O)NC(=O)C(Cc1ccccc1)NC(=O)C(N)CS)C(=O)O. The van der Waals surface area contributed by atoms with Crippen LogP contribution >= 0.6 is 12.6 Å². The number of rotatable bonds is 16. The van der Waals surface area contributed by atoms with E-state index in [2.05, 4.69) is 28.6 Å². The number of carboxylic acids is 1. The quantitative estimate of drug-likeness (QED) is 0.108. The molecule has 0 fully saturated rings. The molecule has 0 heterocycles. The Morgan fingerprint density at radius 1 is 0.778 bits per heavy atom. The molecule has 1 aromatic rings. The number of benzene rings is 1. The molecule has 13 nitrogen and oxygen atoms in total. The van der Waals surface area contributed by atoms with Gasteiger partial charge in [-0.05, 0) is 18.4 Å². The Balaban J connectivity index is 3.10. The predicted molar refractivity (Wildman–Crippen MR) is 132 cm³/mol. The highest BCUT2D eigenvalue weighted by atomic mass is 32.1. The molecule has 0 spiro atoms. The fraction of sp³-hybridized carbons (Fsp3) is 0.455. The van der Waals surface area contributed by atoms with Crippen molar-refractivity contribution in [3.05, 3.63) is 35.9 Å². The molecule has 0 bridgehead atoms. The number of aliphatic carboxylic acids is 1. The minimum atomic E-state index is -1.47. The lowest BCUT2D eigenvalue weighted by atomic mass is 10.0. The first-order chi connectivity index (χ1) is 16.9. The van der Waals surface area contributed by atoms with Gasteiger partial charge in [0, 0.05) is 25.0 Å². The van der Waals surface area contributed by atoms with E-state index in [1.807, 2.05) is 0 Å². The molecular formula is C22H32N6O7S. The number of nitrogens with two attached hydrogens (primary N) is 3. The van der Waals surface area contributed by atoms with Gasteiger partial charge in [-0.25, -0.2) is 4.79 Å². The lowest BCUT2D eigenvalue weighted by molar-refractivity contribution is -0.142. The molecule has 5 amide bonds. The monoisotopic (exact) mass is 524 g/mol. The number of carboxylic acid groups (broad SMARTS) is 1. The van der Waals surface area contributed by atoms with Crippen molar-refractivity contribution in [2.24, 2.45) is 17.2 Å². The van der Waals surface area contributed by atoms with Crippen LogP contribution < -0.4 is 33.2 Å². The Labute approximate surface area is 213 Å². The van der Waals surface area contributed by atoms with Crippen LogP contribution in [0.15, 0.2) is 30.3 Å². The molecule has 198 valence electrons. The van der Waals surface area contributed by atoms with Crippen molar-refractivity contribution >= 4 is 48.1 Å². The summed E-state index contributed by atoms with van der Waals surface area (Å²) in [5.74, 6) is -5.23. The van der Waals surface area contributed by atoms with E-state index in [9.17, 15) is 33.9 Å². The first-order valence-corrected chi connectivity index (χ1v) is 11.7. The largest absolute Gasteiger partial charge is 0.480 e. The average Bonchev–Trinajstić information content (AvgIpc) is 2.83. The molecule has 14 heteroatoms. The number of thiol groups is 1. The van der Waals surface area contributed by atoms with E-state index < -0.39 is 59.7 Å². The maximum absolute atomic E-state index is 13.1. The van der Waals surface area contributed by atoms with E-state index in [0.29, 0.717) is 5.56 Å². The molecule has 1 rings (SSSR count). The van der Waals surface area contributed by atoms with E-state index >= 15 is 0 Å². The molecule has 4 unspecified atom stereocenters. The Hall–Kier alpha value is -3.65. The normalized spacial score (nSPS) is 13.9. The van der Waals surface area contributed by atoms with Crippen molar-refractivity contribution < 1.29 is 33.9 Å². The molecule has 0 aliphatic heterocycles. The second kappa shape index (κ2) is 15.4. The minimum absolute atomic E-state index is 0.0248. The van der Waals surface area contributed by atoms with Crippen molar-refractivity contribution in [3.8, 4) is 0 Å². The third-order valence-corrected chi connectivity index (χ3v) is 5.45. The summed E-state index contributed by atoms with van der Waals surface area (Å²) in [4.78, 5) is 72.1. The van der Waals surface area contributed by atoms with Crippen LogP contribution in [-0.4, -0.2) is 70.5 Å². The number of hydrogen-bond acceptors (Lipinski definition) is 8. The number of primary amides is 2. The van der Waals surface area contributed by atoms with E-state index in [4.69, 9.17) is 17.2 Å². The van der Waals surface area contributed by atoms with Gasteiger partial charge in [-0.15, -0.1) is 0 Å². The van der Waals surface area contributed by atoms with E-state index in [1.165, 1.54) is 0 Å². The first-order valence-electron chi connectivity index (χ1n) is 11.1. The Morgan fingerprint density at radius 2 is 1.25 bits per heavy atom. The summed E-state index contributed by atoms with van der Waals surface area (Å²) in [5.41, 5.74) is 16.6. The van der Waals surface area contributed by atoms with Crippen molar-refractivity contribution in [3.63, 3.8) is 0 Å². The Bertz CT molecular complexity index is 946. The molecule has 0 radical (unpaired) electrons. The molecule has 0 aliphatic carbocycles. The van der Waals surface area contributed by atoms with E-state index in [1.54, 1.807) is 30.3 Å². The zero-order valence-corrected chi connectivity index (χ0v) is 20.4. The zero-order valence-electron chi connectivity index (χ0n) is 19.5. The van der Waals surface area contributed by atoms with Crippen LogP contribution in [0.1, 0.15) is 31.2 Å². The fourth-order valence-corrected chi connectivity index (χ4v) is 3.23. The number of nitrogens with one attached hydrogen (secondary N) is 3. The van der Waals surface area contributed by atoms with Gasteiger partial charge in [0.1, 0.15) is 18.1 Å². The topological polar surface area (TPSA) is 237 Å². The van der Waals surface area contributed by atoms with Gasteiger partial charge < -0.3 is 38.3 Å². The van der Waals surface area contributed by atoms with E-state index in [0.717, 1.165) is 0 Å². The lowest BCUT2D eigenvalue weighted by Crippen LogP contribution is -2.58. The molecular weight excluding hydrogens is 492 g/mol. The summed E-state index contributed by atoms with van der Waals surface area (Å²) in [5, 5.41) is 16.5. The number of carbonyl (C=O) groups is 6. The van der Waals surface area contributed by atoms with Crippen LogP contribution in [0.2, 0.25) is 0 Å². The number of carbonyl (C=O) groups excluding carboxylic acids is 5. The van der Waals surface area contributed by atoms with Crippen LogP contribution in [0.25, 0.3) is 0 Å². The minimum Gasteiger partial charge on any atom is -0.480 e. The Morgan fingerprint density at radius 3 is 1.75 bits per heavy atom. The number of amides is 5. The third kappa shape index (κ3) is 11.2. The third-order valence-electron chi connectivity index (χ3n) is 5.06. The van der Waals surface area contributed by atoms with Crippen LogP contribution in [0.4, 0.5) is 0 Å². The standard InChI is InChI=1S/C22H32N6O7S/c23-13(11-36)19(31)28-16(10-12-4-2-1-3-5-12)21(33)26-14(6-8-17(24)29)20(32)27-15(22(34)35)7-9-18(25)30/h1-5,13-16,36H,6-11,23H2,(H2,24,29)(H2,25,30)(H,26,33)(H,27,32)(H,28,31)(H,34,35). The summed E-state index contributed by atoms with van der Waals surface area (Å²) in [6.45, 7) is 0. The fourth-order valence-electron chi connectivity index (χ4n) is 3.06.